The highest BCUT2D eigenvalue weighted by Gasteiger charge is 2.34. The maximum absolute atomic E-state index is 12.0. The van der Waals surface area contributed by atoms with Crippen molar-refractivity contribution in [2.45, 2.75) is 6.92 Å². The molecule has 0 bridgehead atoms. The lowest BCUT2D eigenvalue weighted by molar-refractivity contribution is -0.118. The first-order valence-electron chi connectivity index (χ1n) is 6.68. The van der Waals surface area contributed by atoms with E-state index in [1.54, 1.807) is 6.20 Å². The largest absolute Gasteiger partial charge is 0.361 e. The van der Waals surface area contributed by atoms with E-state index >= 15 is 0 Å². The number of allylic oxidation sites excluding steroid dienone is 1. The number of fused-ring (bicyclic) bond motifs is 1. The zero-order valence-electron chi connectivity index (χ0n) is 11.2. The van der Waals surface area contributed by atoms with Crippen molar-refractivity contribution in [3.63, 3.8) is 0 Å². The topological polar surface area (TPSA) is 44.7 Å². The van der Waals surface area contributed by atoms with Crippen LogP contribution in [0.4, 0.5) is 5.69 Å². The SMILES string of the molecule is CC1C(Br)=CN=C2NC(=O)CN(c3ccccc3)CC21. The fourth-order valence-electron chi connectivity index (χ4n) is 2.64. The van der Waals surface area contributed by atoms with E-state index in [9.17, 15) is 4.79 Å². The number of hydrogen-bond acceptors (Lipinski definition) is 3. The van der Waals surface area contributed by atoms with E-state index in [0.717, 1.165) is 22.6 Å². The third-order valence-electron chi connectivity index (χ3n) is 3.86. The Morgan fingerprint density at radius 2 is 2.10 bits per heavy atom. The Labute approximate surface area is 126 Å². The van der Waals surface area contributed by atoms with Gasteiger partial charge in [0.25, 0.3) is 0 Å². The van der Waals surface area contributed by atoms with Gasteiger partial charge in [-0.15, -0.1) is 0 Å². The first kappa shape index (κ1) is 13.4. The average molecular weight is 334 g/mol. The van der Waals surface area contributed by atoms with Gasteiger partial charge in [-0.25, -0.2) is 4.99 Å². The van der Waals surface area contributed by atoms with Gasteiger partial charge in [0.15, 0.2) is 0 Å². The summed E-state index contributed by atoms with van der Waals surface area (Å²) in [5.74, 6) is 1.28. The number of aliphatic imine (C=N–C) groups is 1. The molecule has 1 aromatic rings. The molecule has 0 spiro atoms. The summed E-state index contributed by atoms with van der Waals surface area (Å²) >= 11 is 3.56. The molecular formula is C15H16BrN3O. The van der Waals surface area contributed by atoms with Gasteiger partial charge in [-0.05, 0) is 12.1 Å². The molecule has 3 rings (SSSR count). The molecule has 2 aliphatic rings. The molecule has 5 heteroatoms. The fraction of sp³-hybridized carbons (Fsp3) is 0.333. The number of amides is 1. The number of hydrogen-bond donors (Lipinski definition) is 1. The number of carbonyl (C=O) groups is 1. The van der Waals surface area contributed by atoms with Gasteiger partial charge in [-0.1, -0.05) is 41.1 Å². The number of anilines is 1. The minimum atomic E-state index is -0.00581. The molecule has 1 N–H and O–H groups in total. The molecule has 2 atom stereocenters. The Morgan fingerprint density at radius 1 is 1.35 bits per heavy atom. The number of nitrogens with one attached hydrogen (secondary N) is 1. The summed E-state index contributed by atoms with van der Waals surface area (Å²) in [6.45, 7) is 3.30. The smallest absolute Gasteiger partial charge is 0.244 e. The second kappa shape index (κ2) is 5.40. The predicted octanol–water partition coefficient (Wildman–Crippen LogP) is 2.52. The predicted molar refractivity (Wildman–Crippen MR) is 83.9 cm³/mol. The summed E-state index contributed by atoms with van der Waals surface area (Å²) in [6, 6.07) is 10.0. The van der Waals surface area contributed by atoms with Gasteiger partial charge in [0, 0.05) is 34.8 Å². The van der Waals surface area contributed by atoms with Crippen LogP contribution in [0.3, 0.4) is 0 Å². The molecule has 104 valence electrons. The van der Waals surface area contributed by atoms with Gasteiger partial charge < -0.3 is 10.2 Å². The molecule has 0 saturated carbocycles. The minimum absolute atomic E-state index is 0.00581. The minimum Gasteiger partial charge on any atom is -0.361 e. The van der Waals surface area contributed by atoms with E-state index in [2.05, 4.69) is 38.1 Å². The van der Waals surface area contributed by atoms with E-state index in [1.807, 2.05) is 30.3 Å². The van der Waals surface area contributed by atoms with Gasteiger partial charge in [0.05, 0.1) is 6.54 Å². The molecule has 2 heterocycles. The van der Waals surface area contributed by atoms with E-state index in [4.69, 9.17) is 0 Å². The zero-order valence-corrected chi connectivity index (χ0v) is 12.8. The molecule has 1 saturated heterocycles. The monoisotopic (exact) mass is 333 g/mol. The molecule has 2 aliphatic heterocycles. The third kappa shape index (κ3) is 2.50. The normalized spacial score (nSPS) is 26.1. The number of amidine groups is 1. The van der Waals surface area contributed by atoms with Gasteiger partial charge in [-0.2, -0.15) is 0 Å². The van der Waals surface area contributed by atoms with E-state index in [-0.39, 0.29) is 11.8 Å². The van der Waals surface area contributed by atoms with Crippen LogP contribution >= 0.6 is 15.9 Å². The zero-order chi connectivity index (χ0) is 14.1. The molecule has 1 aromatic carbocycles. The summed E-state index contributed by atoms with van der Waals surface area (Å²) in [5, 5.41) is 2.94. The molecular weight excluding hydrogens is 318 g/mol. The molecule has 20 heavy (non-hydrogen) atoms. The van der Waals surface area contributed by atoms with Crippen LogP contribution in [0, 0.1) is 11.8 Å². The number of carbonyl (C=O) groups excluding carboxylic acids is 1. The standard InChI is InChI=1S/C15H16BrN3O/c1-10-12-8-19(11-5-3-2-4-6-11)9-14(20)18-15(12)17-7-13(10)16/h2-7,10,12H,8-9H2,1H3,(H,17,18,20). The molecule has 4 nitrogen and oxygen atoms in total. The highest BCUT2D eigenvalue weighted by atomic mass is 79.9. The van der Waals surface area contributed by atoms with Crippen molar-refractivity contribution in [3.05, 3.63) is 41.0 Å². The summed E-state index contributed by atoms with van der Waals surface area (Å²) in [4.78, 5) is 18.5. The van der Waals surface area contributed by atoms with Gasteiger partial charge in [0.1, 0.15) is 5.84 Å². The summed E-state index contributed by atoms with van der Waals surface area (Å²) in [6.07, 6.45) is 1.79. The first-order valence-corrected chi connectivity index (χ1v) is 7.47. The highest BCUT2D eigenvalue weighted by molar-refractivity contribution is 9.11. The fourth-order valence-corrected chi connectivity index (χ4v) is 3.06. The van der Waals surface area contributed by atoms with Crippen molar-refractivity contribution in [3.8, 4) is 0 Å². The van der Waals surface area contributed by atoms with Crippen molar-refractivity contribution in [1.29, 1.82) is 0 Å². The maximum Gasteiger partial charge on any atom is 0.244 e. The van der Waals surface area contributed by atoms with E-state index in [1.165, 1.54) is 0 Å². The van der Waals surface area contributed by atoms with Crippen molar-refractivity contribution in [2.75, 3.05) is 18.0 Å². The Morgan fingerprint density at radius 3 is 2.85 bits per heavy atom. The van der Waals surface area contributed by atoms with Crippen LogP contribution in [0.15, 0.2) is 46.0 Å². The number of rotatable bonds is 1. The molecule has 0 aromatic heterocycles. The van der Waals surface area contributed by atoms with Crippen LogP contribution < -0.4 is 10.2 Å². The first-order chi connectivity index (χ1) is 9.65. The lowest BCUT2D eigenvalue weighted by Crippen LogP contribution is -2.39. The lowest BCUT2D eigenvalue weighted by Gasteiger charge is -2.30. The van der Waals surface area contributed by atoms with Gasteiger partial charge >= 0.3 is 0 Å². The summed E-state index contributed by atoms with van der Waals surface area (Å²) in [5.41, 5.74) is 1.07. The Kier molecular flexibility index (Phi) is 3.61. The number of nitrogens with zero attached hydrogens (tertiary/aromatic N) is 2. The Balaban J connectivity index is 1.92. The van der Waals surface area contributed by atoms with Crippen LogP contribution in [-0.4, -0.2) is 24.8 Å². The third-order valence-corrected chi connectivity index (χ3v) is 4.78. The highest BCUT2D eigenvalue weighted by Crippen LogP contribution is 2.32. The van der Waals surface area contributed by atoms with Crippen LogP contribution in [0.5, 0.6) is 0 Å². The van der Waals surface area contributed by atoms with E-state index < -0.39 is 0 Å². The molecule has 1 amide bonds. The van der Waals surface area contributed by atoms with Crippen molar-refractivity contribution in [2.24, 2.45) is 16.8 Å². The number of benzene rings is 1. The second-order valence-electron chi connectivity index (χ2n) is 5.19. The van der Waals surface area contributed by atoms with Crippen LogP contribution in [-0.2, 0) is 4.79 Å². The van der Waals surface area contributed by atoms with Crippen molar-refractivity contribution >= 4 is 33.4 Å². The van der Waals surface area contributed by atoms with Crippen LogP contribution in [0.1, 0.15) is 6.92 Å². The summed E-state index contributed by atoms with van der Waals surface area (Å²) in [7, 11) is 0. The molecule has 0 radical (unpaired) electrons. The van der Waals surface area contributed by atoms with Crippen molar-refractivity contribution < 1.29 is 4.79 Å². The Hall–Kier alpha value is -1.62. The number of para-hydroxylation sites is 1. The molecule has 0 aliphatic carbocycles. The summed E-state index contributed by atoms with van der Waals surface area (Å²) < 4.78 is 1.08. The maximum atomic E-state index is 12.0. The van der Waals surface area contributed by atoms with Crippen LogP contribution in [0.25, 0.3) is 0 Å². The average Bonchev–Trinajstić information content (AvgIpc) is 2.63. The van der Waals surface area contributed by atoms with Crippen molar-refractivity contribution in [1.82, 2.24) is 5.32 Å². The molecule has 2 unspecified atom stereocenters. The lowest BCUT2D eigenvalue weighted by atomic mass is 9.90. The Bertz CT molecular complexity index is 582. The quantitative estimate of drug-likeness (QED) is 0.858. The molecule has 1 fully saturated rings. The van der Waals surface area contributed by atoms with Gasteiger partial charge in [0.2, 0.25) is 5.91 Å². The van der Waals surface area contributed by atoms with E-state index in [0.29, 0.717) is 12.5 Å². The number of halogens is 1. The van der Waals surface area contributed by atoms with Gasteiger partial charge in [-0.3, -0.25) is 4.79 Å². The van der Waals surface area contributed by atoms with Crippen LogP contribution in [0.2, 0.25) is 0 Å². The second-order valence-corrected chi connectivity index (χ2v) is 6.10.